The highest BCUT2D eigenvalue weighted by atomic mass is 35.5. The summed E-state index contributed by atoms with van der Waals surface area (Å²) in [6.45, 7) is 0. The van der Waals surface area contributed by atoms with Crippen LogP contribution < -0.4 is 9.47 Å². The fraction of sp³-hybridized carbons (Fsp3) is 0.200. The van der Waals surface area contributed by atoms with E-state index in [1.807, 2.05) is 0 Å². The average Bonchev–Trinajstić information content (AvgIpc) is 2.46. The van der Waals surface area contributed by atoms with Crippen LogP contribution in [-0.2, 0) is 0 Å². The van der Waals surface area contributed by atoms with Crippen molar-refractivity contribution in [2.45, 2.75) is 5.38 Å². The van der Waals surface area contributed by atoms with Gasteiger partial charge in [0.1, 0.15) is 23.1 Å². The zero-order valence-corrected chi connectivity index (χ0v) is 11.7. The fourth-order valence-electron chi connectivity index (χ4n) is 1.94. The van der Waals surface area contributed by atoms with Crippen LogP contribution in [-0.4, -0.2) is 14.2 Å². The smallest absolute Gasteiger partial charge is 0.131 e. The van der Waals surface area contributed by atoms with Crippen LogP contribution in [0.15, 0.2) is 36.4 Å². The van der Waals surface area contributed by atoms with Crippen LogP contribution in [0.5, 0.6) is 11.5 Å². The first-order chi connectivity index (χ1) is 9.58. The highest BCUT2D eigenvalue weighted by Crippen LogP contribution is 2.38. The maximum atomic E-state index is 14.0. The Kier molecular flexibility index (Phi) is 4.45. The summed E-state index contributed by atoms with van der Waals surface area (Å²) in [7, 11) is 2.85. The Bertz CT molecular complexity index is 617. The lowest BCUT2D eigenvalue weighted by molar-refractivity contribution is 0.404. The van der Waals surface area contributed by atoms with Crippen LogP contribution in [0.4, 0.5) is 8.78 Å². The van der Waals surface area contributed by atoms with Gasteiger partial charge in [-0.1, -0.05) is 12.1 Å². The van der Waals surface area contributed by atoms with Gasteiger partial charge in [-0.05, 0) is 18.2 Å². The highest BCUT2D eigenvalue weighted by molar-refractivity contribution is 6.22. The first kappa shape index (κ1) is 14.6. The predicted octanol–water partition coefficient (Wildman–Crippen LogP) is 4.31. The molecule has 2 nitrogen and oxygen atoms in total. The van der Waals surface area contributed by atoms with Crippen molar-refractivity contribution in [1.29, 1.82) is 0 Å². The summed E-state index contributed by atoms with van der Waals surface area (Å²) in [4.78, 5) is 0. The van der Waals surface area contributed by atoms with Crippen molar-refractivity contribution < 1.29 is 18.3 Å². The van der Waals surface area contributed by atoms with E-state index >= 15 is 0 Å². The molecule has 0 fully saturated rings. The number of halogens is 3. The lowest BCUT2D eigenvalue weighted by atomic mass is 10.0. The molecular formula is C15H13ClF2O2. The molecule has 20 heavy (non-hydrogen) atoms. The summed E-state index contributed by atoms with van der Waals surface area (Å²) < 4.78 is 38.0. The van der Waals surface area contributed by atoms with E-state index in [-0.39, 0.29) is 16.9 Å². The van der Waals surface area contributed by atoms with Gasteiger partial charge in [0, 0.05) is 11.6 Å². The third-order valence-corrected chi connectivity index (χ3v) is 3.42. The van der Waals surface area contributed by atoms with Crippen molar-refractivity contribution in [2.75, 3.05) is 14.2 Å². The largest absolute Gasteiger partial charge is 0.497 e. The third-order valence-electron chi connectivity index (χ3n) is 2.97. The Balaban J connectivity index is 2.49. The van der Waals surface area contributed by atoms with E-state index in [0.717, 1.165) is 0 Å². The number of benzene rings is 2. The van der Waals surface area contributed by atoms with Crippen molar-refractivity contribution in [3.05, 3.63) is 59.2 Å². The monoisotopic (exact) mass is 298 g/mol. The Labute approximate surface area is 120 Å². The first-order valence-electron chi connectivity index (χ1n) is 5.88. The molecule has 5 heteroatoms. The van der Waals surface area contributed by atoms with Gasteiger partial charge in [-0.15, -0.1) is 11.6 Å². The van der Waals surface area contributed by atoms with Gasteiger partial charge in [0.05, 0.1) is 25.2 Å². The normalized spacial score (nSPS) is 12.1. The Morgan fingerprint density at radius 1 is 1.00 bits per heavy atom. The van der Waals surface area contributed by atoms with E-state index in [4.69, 9.17) is 21.1 Å². The SMILES string of the molecule is COc1ccc(C(Cl)c2c(F)cccc2OC)c(F)c1. The number of hydrogen-bond acceptors (Lipinski definition) is 2. The number of alkyl halides is 1. The molecule has 0 saturated carbocycles. The van der Waals surface area contributed by atoms with E-state index in [1.165, 1.54) is 38.5 Å². The second kappa shape index (κ2) is 6.09. The Morgan fingerprint density at radius 3 is 2.35 bits per heavy atom. The van der Waals surface area contributed by atoms with Crippen molar-refractivity contribution >= 4 is 11.6 Å². The summed E-state index contributed by atoms with van der Waals surface area (Å²) in [5.41, 5.74) is 0.275. The van der Waals surface area contributed by atoms with Crippen molar-refractivity contribution in [3.8, 4) is 11.5 Å². The Hall–Kier alpha value is -1.81. The van der Waals surface area contributed by atoms with Gasteiger partial charge in [-0.3, -0.25) is 0 Å². The molecule has 2 aromatic carbocycles. The quantitative estimate of drug-likeness (QED) is 0.783. The van der Waals surface area contributed by atoms with Crippen LogP contribution in [0, 0.1) is 11.6 Å². The molecule has 2 aromatic rings. The highest BCUT2D eigenvalue weighted by Gasteiger charge is 2.23. The molecule has 0 saturated heterocycles. The van der Waals surface area contributed by atoms with Gasteiger partial charge < -0.3 is 9.47 Å². The molecule has 0 N–H and O–H groups in total. The maximum Gasteiger partial charge on any atom is 0.131 e. The van der Waals surface area contributed by atoms with Crippen LogP contribution in [0.2, 0.25) is 0 Å². The van der Waals surface area contributed by atoms with Gasteiger partial charge >= 0.3 is 0 Å². The van der Waals surface area contributed by atoms with Gasteiger partial charge in [0.15, 0.2) is 0 Å². The fourth-order valence-corrected chi connectivity index (χ4v) is 2.33. The van der Waals surface area contributed by atoms with E-state index in [2.05, 4.69) is 0 Å². The molecule has 106 valence electrons. The van der Waals surface area contributed by atoms with Gasteiger partial charge in [-0.2, -0.15) is 0 Å². The van der Waals surface area contributed by atoms with Gasteiger partial charge in [0.25, 0.3) is 0 Å². The number of rotatable bonds is 4. The number of hydrogen-bond donors (Lipinski definition) is 0. The minimum Gasteiger partial charge on any atom is -0.497 e. The van der Waals surface area contributed by atoms with Gasteiger partial charge in [0.2, 0.25) is 0 Å². The van der Waals surface area contributed by atoms with Crippen LogP contribution in [0.1, 0.15) is 16.5 Å². The van der Waals surface area contributed by atoms with Crippen molar-refractivity contribution in [3.63, 3.8) is 0 Å². The minimum atomic E-state index is -0.989. The van der Waals surface area contributed by atoms with Crippen LogP contribution in [0.3, 0.4) is 0 Å². The molecule has 0 bridgehead atoms. The maximum absolute atomic E-state index is 14.0. The number of ether oxygens (including phenoxy) is 2. The summed E-state index contributed by atoms with van der Waals surface area (Å²) >= 11 is 6.22. The van der Waals surface area contributed by atoms with E-state index in [1.54, 1.807) is 12.1 Å². The molecule has 1 unspecified atom stereocenters. The molecule has 0 spiro atoms. The first-order valence-corrected chi connectivity index (χ1v) is 6.32. The second-order valence-corrected chi connectivity index (χ2v) is 4.54. The topological polar surface area (TPSA) is 18.5 Å². The average molecular weight is 299 g/mol. The minimum absolute atomic E-state index is 0.112. The van der Waals surface area contributed by atoms with Crippen molar-refractivity contribution in [2.24, 2.45) is 0 Å². The molecule has 0 aliphatic carbocycles. The van der Waals surface area contributed by atoms with Crippen LogP contribution in [0.25, 0.3) is 0 Å². The molecular weight excluding hydrogens is 286 g/mol. The lowest BCUT2D eigenvalue weighted by Gasteiger charge is -2.16. The molecule has 0 amide bonds. The lowest BCUT2D eigenvalue weighted by Crippen LogP contribution is -2.03. The van der Waals surface area contributed by atoms with E-state index < -0.39 is 17.0 Å². The molecule has 0 heterocycles. The third kappa shape index (κ3) is 2.70. The Morgan fingerprint density at radius 2 is 1.75 bits per heavy atom. The molecule has 1 atom stereocenters. The van der Waals surface area contributed by atoms with Crippen molar-refractivity contribution in [1.82, 2.24) is 0 Å². The molecule has 0 aliphatic heterocycles. The zero-order valence-electron chi connectivity index (χ0n) is 11.0. The van der Waals surface area contributed by atoms with Crippen LogP contribution >= 0.6 is 11.6 Å². The standard InChI is InChI=1S/C15H13ClF2O2/c1-19-9-6-7-10(12(18)8-9)15(16)14-11(17)4-3-5-13(14)20-2/h3-8,15H,1-2H3. The summed E-state index contributed by atoms with van der Waals surface area (Å²) in [6.07, 6.45) is 0. The summed E-state index contributed by atoms with van der Waals surface area (Å²) in [5, 5.41) is -0.989. The second-order valence-electron chi connectivity index (χ2n) is 4.11. The summed E-state index contributed by atoms with van der Waals surface area (Å²) in [5.74, 6) is -0.454. The molecule has 0 aromatic heterocycles. The van der Waals surface area contributed by atoms with Gasteiger partial charge in [-0.25, -0.2) is 8.78 Å². The number of methoxy groups -OCH3 is 2. The summed E-state index contributed by atoms with van der Waals surface area (Å²) in [6, 6.07) is 8.59. The molecule has 0 radical (unpaired) electrons. The zero-order chi connectivity index (χ0) is 14.7. The molecule has 2 rings (SSSR count). The predicted molar refractivity (Wildman–Crippen MR) is 73.6 cm³/mol. The molecule has 0 aliphatic rings. The van der Waals surface area contributed by atoms with E-state index in [0.29, 0.717) is 5.75 Å². The van der Waals surface area contributed by atoms with E-state index in [9.17, 15) is 8.78 Å².